The lowest BCUT2D eigenvalue weighted by Gasteiger charge is -2.30. The van der Waals surface area contributed by atoms with Crippen LogP contribution in [0.2, 0.25) is 0 Å². The summed E-state index contributed by atoms with van der Waals surface area (Å²) < 4.78 is 32.5. The third kappa shape index (κ3) is 5.48. The number of rotatable bonds is 7. The van der Waals surface area contributed by atoms with Gasteiger partial charge in [0.05, 0.1) is 15.7 Å². The zero-order valence-corrected chi connectivity index (χ0v) is 18.4. The van der Waals surface area contributed by atoms with Crippen LogP contribution in [-0.4, -0.2) is 36.7 Å². The van der Waals surface area contributed by atoms with Gasteiger partial charge in [-0.15, -0.1) is 0 Å². The van der Waals surface area contributed by atoms with E-state index < -0.39 is 14.9 Å². The standard InChI is InChI=1S/C22H26N2O6S/c1-16(2)18-5-9-21(10-6-18)31(28,29)23-13-11-19(12-14-23)22(25)30-15-17-3-7-20(8-4-17)24(26)27/h3-10,16,19H,11-15H2,1-2H3. The monoisotopic (exact) mass is 446 g/mol. The Hall–Kier alpha value is -2.78. The molecule has 1 fully saturated rings. The second kappa shape index (κ2) is 9.57. The molecule has 0 N–H and O–H groups in total. The highest BCUT2D eigenvalue weighted by atomic mass is 32.2. The van der Waals surface area contributed by atoms with Crippen molar-refractivity contribution in [2.24, 2.45) is 5.92 Å². The lowest BCUT2D eigenvalue weighted by molar-refractivity contribution is -0.384. The van der Waals surface area contributed by atoms with Crippen LogP contribution in [-0.2, 0) is 26.2 Å². The van der Waals surface area contributed by atoms with E-state index in [1.807, 2.05) is 12.1 Å². The van der Waals surface area contributed by atoms with Crippen LogP contribution in [0.3, 0.4) is 0 Å². The quantitative estimate of drug-likeness (QED) is 0.363. The normalized spacial score (nSPS) is 15.7. The molecule has 166 valence electrons. The van der Waals surface area contributed by atoms with Gasteiger partial charge in [0.1, 0.15) is 6.61 Å². The van der Waals surface area contributed by atoms with Crippen molar-refractivity contribution in [1.82, 2.24) is 4.31 Å². The Morgan fingerprint density at radius 3 is 2.19 bits per heavy atom. The molecule has 0 spiro atoms. The number of sulfonamides is 1. The highest BCUT2D eigenvalue weighted by Crippen LogP contribution is 2.26. The molecule has 2 aromatic rings. The number of esters is 1. The maximum Gasteiger partial charge on any atom is 0.309 e. The summed E-state index contributed by atoms with van der Waals surface area (Å²) in [5.41, 5.74) is 1.71. The number of hydrogen-bond donors (Lipinski definition) is 0. The highest BCUT2D eigenvalue weighted by Gasteiger charge is 2.32. The van der Waals surface area contributed by atoms with E-state index in [2.05, 4.69) is 13.8 Å². The van der Waals surface area contributed by atoms with Crippen LogP contribution in [0.25, 0.3) is 0 Å². The Balaban J connectivity index is 1.53. The van der Waals surface area contributed by atoms with Crippen LogP contribution in [0.4, 0.5) is 5.69 Å². The van der Waals surface area contributed by atoms with E-state index in [4.69, 9.17) is 4.74 Å². The smallest absolute Gasteiger partial charge is 0.309 e. The number of carbonyl (C=O) groups excluding carboxylic acids is 1. The van der Waals surface area contributed by atoms with Crippen molar-refractivity contribution < 1.29 is 22.9 Å². The van der Waals surface area contributed by atoms with E-state index in [0.29, 0.717) is 24.3 Å². The molecule has 1 aliphatic heterocycles. The molecule has 3 rings (SSSR count). The largest absolute Gasteiger partial charge is 0.461 e. The first kappa shape index (κ1) is 22.9. The maximum absolute atomic E-state index is 12.9. The number of piperidine rings is 1. The summed E-state index contributed by atoms with van der Waals surface area (Å²) in [5, 5.41) is 10.7. The summed E-state index contributed by atoms with van der Waals surface area (Å²) in [7, 11) is -3.59. The van der Waals surface area contributed by atoms with Gasteiger partial charge >= 0.3 is 5.97 Å². The molecule has 8 nitrogen and oxygen atoms in total. The molecule has 0 unspecified atom stereocenters. The molecule has 1 saturated heterocycles. The van der Waals surface area contributed by atoms with Crippen molar-refractivity contribution in [3.63, 3.8) is 0 Å². The van der Waals surface area contributed by atoms with Gasteiger partial charge in [-0.25, -0.2) is 8.42 Å². The van der Waals surface area contributed by atoms with Gasteiger partial charge in [0.25, 0.3) is 5.69 Å². The molecule has 0 amide bonds. The van der Waals surface area contributed by atoms with Crippen molar-refractivity contribution in [3.05, 3.63) is 69.8 Å². The minimum atomic E-state index is -3.59. The van der Waals surface area contributed by atoms with Gasteiger partial charge in [0.15, 0.2) is 0 Å². The molecule has 0 aliphatic carbocycles. The SMILES string of the molecule is CC(C)c1ccc(S(=O)(=O)N2CCC(C(=O)OCc3ccc([N+](=O)[O-])cc3)CC2)cc1. The number of ether oxygens (including phenoxy) is 1. The lowest BCUT2D eigenvalue weighted by atomic mass is 9.98. The van der Waals surface area contributed by atoms with Crippen LogP contribution in [0.5, 0.6) is 0 Å². The third-order valence-corrected chi connectivity index (χ3v) is 7.41. The van der Waals surface area contributed by atoms with Gasteiger partial charge in [-0.3, -0.25) is 14.9 Å². The van der Waals surface area contributed by atoms with Gasteiger partial charge in [-0.1, -0.05) is 26.0 Å². The number of benzene rings is 2. The molecular formula is C22H26N2O6S. The van der Waals surface area contributed by atoms with Crippen LogP contribution in [0.15, 0.2) is 53.4 Å². The van der Waals surface area contributed by atoms with Crippen LogP contribution in [0.1, 0.15) is 43.7 Å². The molecule has 1 aliphatic rings. The first-order chi connectivity index (χ1) is 14.7. The molecular weight excluding hydrogens is 420 g/mol. The fraction of sp³-hybridized carbons (Fsp3) is 0.409. The van der Waals surface area contributed by atoms with E-state index >= 15 is 0 Å². The summed E-state index contributed by atoms with van der Waals surface area (Å²) in [6, 6.07) is 12.8. The molecule has 9 heteroatoms. The topological polar surface area (TPSA) is 107 Å². The van der Waals surface area contributed by atoms with E-state index in [1.54, 1.807) is 24.3 Å². The average molecular weight is 447 g/mol. The molecule has 31 heavy (non-hydrogen) atoms. The molecule has 0 saturated carbocycles. The van der Waals surface area contributed by atoms with Crippen molar-refractivity contribution in [2.75, 3.05) is 13.1 Å². The number of carbonyl (C=O) groups is 1. The first-order valence-corrected chi connectivity index (χ1v) is 11.6. The van der Waals surface area contributed by atoms with Gasteiger partial charge in [0, 0.05) is 25.2 Å². The number of hydrogen-bond acceptors (Lipinski definition) is 6. The average Bonchev–Trinajstić information content (AvgIpc) is 2.77. The molecule has 0 atom stereocenters. The third-order valence-electron chi connectivity index (χ3n) is 5.50. The van der Waals surface area contributed by atoms with E-state index in [9.17, 15) is 23.3 Å². The van der Waals surface area contributed by atoms with Crippen LogP contribution < -0.4 is 0 Å². The molecule has 0 bridgehead atoms. The summed E-state index contributed by atoms with van der Waals surface area (Å²) in [5.74, 6) is -0.422. The maximum atomic E-state index is 12.9. The second-order valence-corrected chi connectivity index (χ2v) is 9.87. The van der Waals surface area contributed by atoms with Crippen LogP contribution >= 0.6 is 0 Å². The molecule has 0 radical (unpaired) electrons. The van der Waals surface area contributed by atoms with Crippen molar-refractivity contribution in [1.29, 1.82) is 0 Å². The predicted octanol–water partition coefficient (Wildman–Crippen LogP) is 3.86. The minimum absolute atomic E-state index is 0.0253. The summed E-state index contributed by atoms with van der Waals surface area (Å²) in [6.07, 6.45) is 0.783. The van der Waals surface area contributed by atoms with Gasteiger partial charge in [-0.2, -0.15) is 4.31 Å². The number of non-ortho nitro benzene ring substituents is 1. The molecule has 2 aromatic carbocycles. The second-order valence-electron chi connectivity index (χ2n) is 7.93. The van der Waals surface area contributed by atoms with Crippen LogP contribution in [0, 0.1) is 16.0 Å². The van der Waals surface area contributed by atoms with Gasteiger partial charge < -0.3 is 4.74 Å². The molecule has 1 heterocycles. The molecule has 0 aromatic heterocycles. The lowest BCUT2D eigenvalue weighted by Crippen LogP contribution is -2.40. The van der Waals surface area contributed by atoms with Crippen molar-refractivity contribution in [2.45, 2.75) is 44.1 Å². The highest BCUT2D eigenvalue weighted by molar-refractivity contribution is 7.89. The zero-order chi connectivity index (χ0) is 22.6. The predicted molar refractivity (Wildman–Crippen MR) is 115 cm³/mol. The Morgan fingerprint density at radius 1 is 1.10 bits per heavy atom. The number of nitro groups is 1. The summed E-state index contributed by atoms with van der Waals surface area (Å²) >= 11 is 0. The van der Waals surface area contributed by atoms with E-state index in [-0.39, 0.29) is 42.2 Å². The zero-order valence-electron chi connectivity index (χ0n) is 17.6. The van der Waals surface area contributed by atoms with E-state index in [0.717, 1.165) is 5.56 Å². The number of nitro benzene ring substituents is 1. The van der Waals surface area contributed by atoms with Gasteiger partial charge in [0.2, 0.25) is 10.0 Å². The fourth-order valence-electron chi connectivity index (χ4n) is 3.49. The fourth-order valence-corrected chi connectivity index (χ4v) is 4.96. The van der Waals surface area contributed by atoms with Crippen molar-refractivity contribution in [3.8, 4) is 0 Å². The Morgan fingerprint density at radius 2 is 1.68 bits per heavy atom. The Bertz CT molecular complexity index is 1020. The van der Waals surface area contributed by atoms with Crippen molar-refractivity contribution >= 4 is 21.7 Å². The van der Waals surface area contributed by atoms with E-state index in [1.165, 1.54) is 16.4 Å². The summed E-state index contributed by atoms with van der Waals surface area (Å²) in [4.78, 5) is 22.8. The van der Waals surface area contributed by atoms with Gasteiger partial charge in [-0.05, 0) is 54.2 Å². The number of nitrogens with zero attached hydrogens (tertiary/aromatic N) is 2. The first-order valence-electron chi connectivity index (χ1n) is 10.2. The Labute approximate surface area is 182 Å². The minimum Gasteiger partial charge on any atom is -0.461 e. The Kier molecular flexibility index (Phi) is 7.07. The summed E-state index contributed by atoms with van der Waals surface area (Å²) in [6.45, 7) is 4.64.